The second kappa shape index (κ2) is 17.8. The van der Waals surface area contributed by atoms with E-state index in [0.717, 1.165) is 29.5 Å². The standard InChI is InChI=1S/C17H18ClN3O5S2.C17H18ClN3O3S2/c1-3-10-8-15(28(25,26)12-6-4-11(18)5-7-12)14(27(2,23)24)9-13(10)16(22)21-17(19)20;1-3-10-8-14(25-12-6-4-11(18)5-7-12)15(26(2,23)24)9-13(10)16(22)21-17(19)20/h4-9H,3H2,1-2H3,(H4,19,20,21,22);4-9H,3H2,1-2H3,(H4,19,20,21,22). The maximum Gasteiger partial charge on any atom is 0.280 e. The molecular formula is C34H36Cl2N6O8S4. The van der Waals surface area contributed by atoms with Crippen LogP contribution in [0.15, 0.2) is 112 Å². The SMILES string of the molecule is CCc1cc(S(=O)(=O)c2ccc(Cl)cc2)c(S(C)(=O)=O)cc1C(=O)N=C(N)N.CCc1cc(Sc2ccc(Cl)cc2)c(S(C)(=O)=O)cc1C(=O)N=C(N)N. The molecule has 0 aliphatic heterocycles. The van der Waals surface area contributed by atoms with Crippen molar-refractivity contribution in [3.63, 3.8) is 0 Å². The Kier molecular flexibility index (Phi) is 14.5. The van der Waals surface area contributed by atoms with Crippen molar-refractivity contribution in [2.75, 3.05) is 12.5 Å². The van der Waals surface area contributed by atoms with E-state index < -0.39 is 57.1 Å². The molecule has 0 bridgehead atoms. The summed E-state index contributed by atoms with van der Waals surface area (Å²) in [6.07, 6.45) is 2.70. The predicted molar refractivity (Wildman–Crippen MR) is 211 cm³/mol. The van der Waals surface area contributed by atoms with Gasteiger partial charge in [0.25, 0.3) is 11.8 Å². The largest absolute Gasteiger partial charge is 0.370 e. The Morgan fingerprint density at radius 3 is 1.43 bits per heavy atom. The molecule has 20 heteroatoms. The summed E-state index contributed by atoms with van der Waals surface area (Å²) in [6.45, 7) is 3.54. The molecule has 54 heavy (non-hydrogen) atoms. The van der Waals surface area contributed by atoms with Crippen LogP contribution in [0.25, 0.3) is 0 Å². The Labute approximate surface area is 327 Å². The topological polar surface area (TPSA) is 265 Å². The first kappa shape index (κ1) is 43.9. The molecule has 2 amide bonds. The number of hydrogen-bond acceptors (Lipinski definition) is 9. The average Bonchev–Trinajstić information content (AvgIpc) is 3.07. The van der Waals surface area contributed by atoms with Gasteiger partial charge in [-0.25, -0.2) is 25.3 Å². The van der Waals surface area contributed by atoms with Gasteiger partial charge in [0.2, 0.25) is 9.84 Å². The molecular weight excluding hydrogens is 820 g/mol. The fourth-order valence-corrected chi connectivity index (χ4v) is 10.2. The molecule has 4 aromatic rings. The van der Waals surface area contributed by atoms with Crippen LogP contribution in [0.1, 0.15) is 45.7 Å². The number of rotatable bonds is 10. The average molecular weight is 856 g/mol. The summed E-state index contributed by atoms with van der Waals surface area (Å²) in [6, 6.07) is 17.5. The van der Waals surface area contributed by atoms with Crippen LogP contribution in [0.5, 0.6) is 0 Å². The van der Waals surface area contributed by atoms with Crippen LogP contribution in [0.3, 0.4) is 0 Å². The van der Waals surface area contributed by atoms with E-state index in [1.807, 2.05) is 6.92 Å². The Hall–Kier alpha value is -4.46. The van der Waals surface area contributed by atoms with Gasteiger partial charge in [0.15, 0.2) is 31.6 Å². The van der Waals surface area contributed by atoms with E-state index in [9.17, 15) is 34.8 Å². The highest BCUT2D eigenvalue weighted by atomic mass is 35.5. The molecule has 0 heterocycles. The molecule has 4 aromatic carbocycles. The summed E-state index contributed by atoms with van der Waals surface area (Å²) in [5.41, 5.74) is 22.0. The minimum absolute atomic E-state index is 0.0452. The maximum absolute atomic E-state index is 13.1. The molecule has 0 fully saturated rings. The number of guanidine groups is 2. The van der Waals surface area contributed by atoms with Crippen molar-refractivity contribution >= 4 is 88.2 Å². The first-order valence-electron chi connectivity index (χ1n) is 15.5. The molecule has 0 aromatic heterocycles. The number of nitrogens with two attached hydrogens (primary N) is 4. The molecule has 0 spiro atoms. The van der Waals surface area contributed by atoms with Gasteiger partial charge in [0.05, 0.1) is 19.6 Å². The van der Waals surface area contributed by atoms with Gasteiger partial charge in [-0.05, 0) is 96.8 Å². The summed E-state index contributed by atoms with van der Waals surface area (Å²) >= 11 is 13.0. The molecule has 14 nitrogen and oxygen atoms in total. The van der Waals surface area contributed by atoms with Crippen molar-refractivity contribution in [2.45, 2.75) is 56.1 Å². The number of amides is 2. The lowest BCUT2D eigenvalue weighted by molar-refractivity contribution is 0.0993. The molecule has 288 valence electrons. The fourth-order valence-electron chi connectivity index (χ4n) is 4.78. The van der Waals surface area contributed by atoms with Crippen molar-refractivity contribution in [1.82, 2.24) is 0 Å². The molecule has 8 N–H and O–H groups in total. The van der Waals surface area contributed by atoms with E-state index in [2.05, 4.69) is 9.98 Å². The van der Waals surface area contributed by atoms with Crippen LogP contribution >= 0.6 is 35.0 Å². The highest BCUT2D eigenvalue weighted by Crippen LogP contribution is 2.36. The van der Waals surface area contributed by atoms with Crippen molar-refractivity contribution in [3.05, 3.63) is 105 Å². The van der Waals surface area contributed by atoms with Crippen molar-refractivity contribution in [3.8, 4) is 0 Å². The second-order valence-corrected chi connectivity index (χ2v) is 19.2. The van der Waals surface area contributed by atoms with Gasteiger partial charge in [-0.1, -0.05) is 48.8 Å². The van der Waals surface area contributed by atoms with Crippen LogP contribution in [-0.2, 0) is 42.4 Å². The minimum atomic E-state index is -4.20. The van der Waals surface area contributed by atoms with Gasteiger partial charge in [-0.3, -0.25) is 9.59 Å². The highest BCUT2D eigenvalue weighted by molar-refractivity contribution is 8.00. The van der Waals surface area contributed by atoms with Crippen molar-refractivity contribution < 1.29 is 34.8 Å². The third-order valence-electron chi connectivity index (χ3n) is 7.28. The lowest BCUT2D eigenvalue weighted by Gasteiger charge is -2.14. The van der Waals surface area contributed by atoms with E-state index >= 15 is 0 Å². The zero-order chi connectivity index (χ0) is 40.8. The monoisotopic (exact) mass is 854 g/mol. The van der Waals surface area contributed by atoms with E-state index in [-0.39, 0.29) is 38.9 Å². The summed E-state index contributed by atoms with van der Waals surface area (Å²) in [7, 11) is -11.8. The van der Waals surface area contributed by atoms with Gasteiger partial charge in [-0.15, -0.1) is 0 Å². The molecule has 0 unspecified atom stereocenters. The summed E-state index contributed by atoms with van der Waals surface area (Å²) in [5.74, 6) is -2.41. The molecule has 0 aliphatic rings. The third kappa shape index (κ3) is 11.3. The number of nitrogens with zero attached hydrogens (tertiary/aromatic N) is 2. The number of benzene rings is 4. The third-order valence-corrected chi connectivity index (χ3v) is 13.2. The normalized spacial score (nSPS) is 11.5. The smallest absolute Gasteiger partial charge is 0.280 e. The Bertz CT molecular complexity index is 2480. The molecule has 0 saturated carbocycles. The van der Waals surface area contributed by atoms with Gasteiger partial charge in [0.1, 0.15) is 0 Å². The Balaban J connectivity index is 0.000000291. The quantitative estimate of drug-likeness (QED) is 0.127. The van der Waals surface area contributed by atoms with Crippen LogP contribution in [0, 0.1) is 0 Å². The second-order valence-electron chi connectivity index (χ2n) is 11.4. The maximum atomic E-state index is 13.1. The van der Waals surface area contributed by atoms with Gasteiger partial charge >= 0.3 is 0 Å². The molecule has 0 saturated heterocycles. The zero-order valence-electron chi connectivity index (χ0n) is 29.2. The number of halogens is 2. The molecule has 0 radical (unpaired) electrons. The molecule has 0 atom stereocenters. The number of aliphatic imine (C=N–C) groups is 2. The number of carbonyl (C=O) groups is 2. The van der Waals surface area contributed by atoms with Crippen LogP contribution in [0.2, 0.25) is 10.0 Å². The lowest BCUT2D eigenvalue weighted by Crippen LogP contribution is -2.24. The molecule has 0 aliphatic carbocycles. The Morgan fingerprint density at radius 1 is 0.611 bits per heavy atom. The number of hydrogen-bond donors (Lipinski definition) is 4. The molecule has 4 rings (SSSR count). The number of sulfone groups is 3. The van der Waals surface area contributed by atoms with Crippen molar-refractivity contribution in [1.29, 1.82) is 0 Å². The van der Waals surface area contributed by atoms with E-state index in [1.54, 1.807) is 37.3 Å². The van der Waals surface area contributed by atoms with Gasteiger partial charge in [-0.2, -0.15) is 9.98 Å². The highest BCUT2D eigenvalue weighted by Gasteiger charge is 2.29. The number of carbonyl (C=O) groups excluding carboxylic acids is 2. The van der Waals surface area contributed by atoms with Gasteiger partial charge < -0.3 is 22.9 Å². The first-order chi connectivity index (χ1) is 25.0. The summed E-state index contributed by atoms with van der Waals surface area (Å²) in [4.78, 5) is 31.8. The van der Waals surface area contributed by atoms with Gasteiger partial charge in [0, 0.05) is 43.5 Å². The van der Waals surface area contributed by atoms with E-state index in [0.29, 0.717) is 26.9 Å². The fraction of sp³-hybridized carbons (Fsp3) is 0.176. The van der Waals surface area contributed by atoms with E-state index in [1.165, 1.54) is 42.1 Å². The first-order valence-corrected chi connectivity index (χ1v) is 22.3. The van der Waals surface area contributed by atoms with Crippen LogP contribution < -0.4 is 22.9 Å². The van der Waals surface area contributed by atoms with E-state index in [4.69, 9.17) is 46.1 Å². The zero-order valence-corrected chi connectivity index (χ0v) is 34.0. The Morgan fingerprint density at radius 2 is 1.02 bits per heavy atom. The predicted octanol–water partition coefficient (Wildman–Crippen LogP) is 4.42. The van der Waals surface area contributed by atoms with Crippen molar-refractivity contribution in [2.24, 2.45) is 32.9 Å². The minimum Gasteiger partial charge on any atom is -0.370 e. The summed E-state index contributed by atoms with van der Waals surface area (Å²) < 4.78 is 75.3. The van der Waals surface area contributed by atoms with Crippen LogP contribution in [-0.4, -0.2) is 61.5 Å². The lowest BCUT2D eigenvalue weighted by atomic mass is 10.0. The summed E-state index contributed by atoms with van der Waals surface area (Å²) in [5, 5.41) is 0.917. The van der Waals surface area contributed by atoms with Crippen LogP contribution in [0.4, 0.5) is 0 Å². The number of aryl methyl sites for hydroxylation is 2.